The summed E-state index contributed by atoms with van der Waals surface area (Å²) in [6, 6.07) is 2.15. The largest absolute Gasteiger partial charge is 0.357 e. The zero-order valence-corrected chi connectivity index (χ0v) is 12.1. The summed E-state index contributed by atoms with van der Waals surface area (Å²) in [7, 11) is 1.82. The summed E-state index contributed by atoms with van der Waals surface area (Å²) in [6.07, 6.45) is 2.49. The Morgan fingerprint density at radius 1 is 1.42 bits per heavy atom. The van der Waals surface area contributed by atoms with E-state index in [1.165, 1.54) is 23.0 Å². The molecular weight excluding hydrogens is 280 g/mol. The molecule has 0 aliphatic heterocycles. The smallest absolute Gasteiger partial charge is 0.224 e. The monoisotopic (exact) mass is 292 g/mol. The molecule has 0 amide bonds. The van der Waals surface area contributed by atoms with Gasteiger partial charge in [-0.05, 0) is 24.2 Å². The van der Waals surface area contributed by atoms with Gasteiger partial charge in [0.1, 0.15) is 16.2 Å². The van der Waals surface area contributed by atoms with Crippen molar-refractivity contribution in [3.63, 3.8) is 0 Å². The van der Waals surface area contributed by atoms with Gasteiger partial charge in [-0.1, -0.05) is 6.92 Å². The van der Waals surface area contributed by atoms with Crippen LogP contribution in [0.3, 0.4) is 0 Å². The van der Waals surface area contributed by atoms with Crippen LogP contribution in [-0.2, 0) is 6.42 Å². The number of nitrogens with zero attached hydrogens (tertiary/aromatic N) is 4. The second kappa shape index (κ2) is 5.14. The number of aromatic amines is 1. The lowest BCUT2D eigenvalue weighted by molar-refractivity contribution is 0.968. The van der Waals surface area contributed by atoms with Crippen molar-refractivity contribution < 1.29 is 0 Å². The Kier molecular flexibility index (Phi) is 3.34. The van der Waals surface area contributed by atoms with E-state index in [0.29, 0.717) is 5.95 Å². The van der Waals surface area contributed by atoms with Crippen LogP contribution in [0.15, 0.2) is 22.6 Å². The fourth-order valence-electron chi connectivity index (χ4n) is 1.64. The third-order valence-electron chi connectivity index (χ3n) is 2.57. The van der Waals surface area contributed by atoms with Gasteiger partial charge in [-0.2, -0.15) is 5.10 Å². The standard InChI is InChI=1S/C11H12N6S2/c1-3-6-4-7-8(18-6)15-10(12-2)16-9(7)19-11-13-5-14-17-11/h4-5H,3H2,1-2H3,(H,12,15,16)(H,13,14,17). The minimum Gasteiger partial charge on any atom is -0.357 e. The Morgan fingerprint density at radius 2 is 2.32 bits per heavy atom. The lowest BCUT2D eigenvalue weighted by atomic mass is 10.3. The molecule has 3 heterocycles. The van der Waals surface area contributed by atoms with E-state index in [-0.39, 0.29) is 0 Å². The van der Waals surface area contributed by atoms with Crippen molar-refractivity contribution in [1.29, 1.82) is 0 Å². The second-order valence-corrected chi connectivity index (χ2v) is 5.87. The molecule has 19 heavy (non-hydrogen) atoms. The van der Waals surface area contributed by atoms with Gasteiger partial charge in [0.2, 0.25) is 5.95 Å². The molecule has 0 unspecified atom stereocenters. The van der Waals surface area contributed by atoms with Crippen molar-refractivity contribution >= 4 is 39.3 Å². The highest BCUT2D eigenvalue weighted by molar-refractivity contribution is 7.99. The zero-order valence-electron chi connectivity index (χ0n) is 10.5. The maximum atomic E-state index is 4.50. The summed E-state index contributed by atoms with van der Waals surface area (Å²) < 4.78 is 0. The zero-order chi connectivity index (χ0) is 13.2. The highest BCUT2D eigenvalue weighted by Crippen LogP contribution is 2.34. The topological polar surface area (TPSA) is 79.4 Å². The third kappa shape index (κ3) is 2.41. The SMILES string of the molecule is CCc1cc2c(Sc3ncn[nH]3)nc(NC)nc2s1. The molecule has 98 valence electrons. The van der Waals surface area contributed by atoms with Crippen LogP contribution in [0.25, 0.3) is 10.2 Å². The van der Waals surface area contributed by atoms with Gasteiger partial charge >= 0.3 is 0 Å². The summed E-state index contributed by atoms with van der Waals surface area (Å²) in [6.45, 7) is 2.14. The number of hydrogen-bond acceptors (Lipinski definition) is 7. The molecule has 0 aliphatic carbocycles. The first kappa shape index (κ1) is 12.4. The predicted octanol–water partition coefficient (Wildman–Crippen LogP) is 2.56. The molecule has 3 aromatic heterocycles. The van der Waals surface area contributed by atoms with E-state index in [2.05, 4.69) is 43.5 Å². The normalized spacial score (nSPS) is 11.1. The number of fused-ring (bicyclic) bond motifs is 1. The average Bonchev–Trinajstić information content (AvgIpc) is 3.06. The summed E-state index contributed by atoms with van der Waals surface area (Å²) in [5.74, 6) is 0.624. The second-order valence-electron chi connectivity index (χ2n) is 3.78. The van der Waals surface area contributed by atoms with Gasteiger partial charge in [0.25, 0.3) is 0 Å². The van der Waals surface area contributed by atoms with Gasteiger partial charge in [-0.15, -0.1) is 11.3 Å². The van der Waals surface area contributed by atoms with Crippen molar-refractivity contribution in [2.45, 2.75) is 23.5 Å². The van der Waals surface area contributed by atoms with E-state index in [1.807, 2.05) is 7.05 Å². The summed E-state index contributed by atoms with van der Waals surface area (Å²) in [5, 5.41) is 12.4. The summed E-state index contributed by atoms with van der Waals surface area (Å²) in [4.78, 5) is 15.4. The minimum atomic E-state index is 0.624. The molecule has 8 heteroatoms. The molecule has 0 saturated carbocycles. The Bertz CT molecular complexity index is 691. The number of rotatable bonds is 4. The molecule has 0 radical (unpaired) electrons. The summed E-state index contributed by atoms with van der Waals surface area (Å²) in [5.41, 5.74) is 0. The number of anilines is 1. The molecule has 3 aromatic rings. The van der Waals surface area contributed by atoms with Crippen molar-refractivity contribution in [3.8, 4) is 0 Å². The lowest BCUT2D eigenvalue weighted by Gasteiger charge is -2.02. The van der Waals surface area contributed by atoms with E-state index in [0.717, 1.165) is 26.8 Å². The first-order valence-electron chi connectivity index (χ1n) is 5.81. The first-order valence-corrected chi connectivity index (χ1v) is 7.45. The number of hydrogen-bond donors (Lipinski definition) is 2. The Hall–Kier alpha value is -1.67. The molecule has 3 rings (SSSR count). The van der Waals surface area contributed by atoms with Crippen LogP contribution in [0, 0.1) is 0 Å². The van der Waals surface area contributed by atoms with E-state index in [4.69, 9.17) is 0 Å². The van der Waals surface area contributed by atoms with Crippen LogP contribution < -0.4 is 5.32 Å². The van der Waals surface area contributed by atoms with Crippen molar-refractivity contribution in [2.24, 2.45) is 0 Å². The molecule has 0 saturated heterocycles. The van der Waals surface area contributed by atoms with Crippen LogP contribution in [0.4, 0.5) is 5.95 Å². The van der Waals surface area contributed by atoms with Crippen molar-refractivity contribution in [1.82, 2.24) is 25.1 Å². The van der Waals surface area contributed by atoms with Crippen LogP contribution in [0.5, 0.6) is 0 Å². The molecule has 6 nitrogen and oxygen atoms in total. The Labute approximate surface area is 118 Å². The molecule has 0 fully saturated rings. The first-order chi connectivity index (χ1) is 9.30. The summed E-state index contributed by atoms with van der Waals surface area (Å²) >= 11 is 3.17. The third-order valence-corrected chi connectivity index (χ3v) is 4.63. The molecule has 0 aromatic carbocycles. The molecular formula is C11H12N6S2. The van der Waals surface area contributed by atoms with Crippen molar-refractivity contribution in [3.05, 3.63) is 17.3 Å². The maximum Gasteiger partial charge on any atom is 0.224 e. The Morgan fingerprint density at radius 3 is 3.00 bits per heavy atom. The average molecular weight is 292 g/mol. The quantitative estimate of drug-likeness (QED) is 0.719. The molecule has 0 spiro atoms. The van der Waals surface area contributed by atoms with E-state index >= 15 is 0 Å². The van der Waals surface area contributed by atoms with Crippen LogP contribution in [-0.4, -0.2) is 32.2 Å². The molecule has 0 bridgehead atoms. The molecule has 2 N–H and O–H groups in total. The Balaban J connectivity index is 2.11. The van der Waals surface area contributed by atoms with Gasteiger partial charge in [-0.25, -0.2) is 15.0 Å². The van der Waals surface area contributed by atoms with E-state index < -0.39 is 0 Å². The van der Waals surface area contributed by atoms with E-state index in [1.54, 1.807) is 11.3 Å². The van der Waals surface area contributed by atoms with Gasteiger partial charge in [0.15, 0.2) is 5.16 Å². The number of aromatic nitrogens is 5. The van der Waals surface area contributed by atoms with Crippen LogP contribution in [0.2, 0.25) is 0 Å². The molecule has 0 aliphatic rings. The van der Waals surface area contributed by atoms with Gasteiger partial charge < -0.3 is 5.32 Å². The molecule has 0 atom stereocenters. The fraction of sp³-hybridized carbons (Fsp3) is 0.273. The lowest BCUT2D eigenvalue weighted by Crippen LogP contribution is -1.97. The highest BCUT2D eigenvalue weighted by Gasteiger charge is 2.13. The number of nitrogens with one attached hydrogen (secondary N) is 2. The maximum absolute atomic E-state index is 4.50. The number of aryl methyl sites for hydroxylation is 1. The highest BCUT2D eigenvalue weighted by atomic mass is 32.2. The minimum absolute atomic E-state index is 0.624. The van der Waals surface area contributed by atoms with Crippen LogP contribution in [0.1, 0.15) is 11.8 Å². The number of H-pyrrole nitrogens is 1. The predicted molar refractivity (Wildman–Crippen MR) is 76.8 cm³/mol. The number of thiophene rings is 1. The van der Waals surface area contributed by atoms with Gasteiger partial charge in [0.05, 0.1) is 0 Å². The fourth-order valence-corrected chi connectivity index (χ4v) is 3.45. The van der Waals surface area contributed by atoms with E-state index in [9.17, 15) is 0 Å². The van der Waals surface area contributed by atoms with Crippen molar-refractivity contribution in [2.75, 3.05) is 12.4 Å². The van der Waals surface area contributed by atoms with Gasteiger partial charge in [0, 0.05) is 17.3 Å². The van der Waals surface area contributed by atoms with Gasteiger partial charge in [-0.3, -0.25) is 5.10 Å². The van der Waals surface area contributed by atoms with Crippen LogP contribution >= 0.6 is 23.1 Å².